The summed E-state index contributed by atoms with van der Waals surface area (Å²) in [5.74, 6) is -2.00. The highest BCUT2D eigenvalue weighted by molar-refractivity contribution is 6.06. The van der Waals surface area contributed by atoms with Gasteiger partial charge in [-0.05, 0) is 42.7 Å². The topological polar surface area (TPSA) is 145 Å². The van der Waals surface area contributed by atoms with E-state index in [4.69, 9.17) is 10.3 Å². The molecular formula is C23H27N3O6. The number of unbranched alkanes of at least 4 members (excludes halogenated alkanes) is 3. The Balaban J connectivity index is 1.85. The molecule has 0 aromatic heterocycles. The summed E-state index contributed by atoms with van der Waals surface area (Å²) in [6.07, 6.45) is 3.21. The molecule has 0 spiro atoms. The van der Waals surface area contributed by atoms with Gasteiger partial charge in [0.2, 0.25) is 11.8 Å². The van der Waals surface area contributed by atoms with Crippen LogP contribution in [-0.4, -0.2) is 34.0 Å². The van der Waals surface area contributed by atoms with Gasteiger partial charge in [-0.3, -0.25) is 24.4 Å². The predicted octanol–water partition coefficient (Wildman–Crippen LogP) is 3.35. The maximum Gasteiger partial charge on any atom is 0.307 e. The van der Waals surface area contributed by atoms with E-state index in [1.54, 1.807) is 54.0 Å². The molecule has 0 aliphatic rings. The number of aliphatic carboxylic acids is 1. The number of carbonyl (C=O) groups is 4. The molecule has 0 unspecified atom stereocenters. The Labute approximate surface area is 185 Å². The first-order valence-electron chi connectivity index (χ1n) is 10.3. The molecule has 0 bridgehead atoms. The molecule has 170 valence electrons. The SMILES string of the molecule is O=C(O)Cc1ccccc1NC(=O)c1cccc(NC(=O)CCCCCCC(=O)NO)c1. The van der Waals surface area contributed by atoms with Gasteiger partial charge in [-0.1, -0.05) is 37.1 Å². The second-order valence-corrected chi connectivity index (χ2v) is 7.26. The van der Waals surface area contributed by atoms with E-state index in [-0.39, 0.29) is 18.7 Å². The Morgan fingerprint density at radius 1 is 0.781 bits per heavy atom. The van der Waals surface area contributed by atoms with Gasteiger partial charge in [-0.2, -0.15) is 0 Å². The van der Waals surface area contributed by atoms with E-state index in [0.29, 0.717) is 41.8 Å². The van der Waals surface area contributed by atoms with E-state index in [1.165, 1.54) is 0 Å². The normalized spacial score (nSPS) is 10.3. The molecular weight excluding hydrogens is 414 g/mol. The highest BCUT2D eigenvalue weighted by atomic mass is 16.5. The fourth-order valence-electron chi connectivity index (χ4n) is 3.10. The highest BCUT2D eigenvalue weighted by Crippen LogP contribution is 2.18. The number of hydroxylamine groups is 1. The van der Waals surface area contributed by atoms with Crippen LogP contribution in [0.4, 0.5) is 11.4 Å². The Hall–Kier alpha value is -3.72. The minimum absolute atomic E-state index is 0.178. The Morgan fingerprint density at radius 2 is 1.47 bits per heavy atom. The van der Waals surface area contributed by atoms with Crippen LogP contribution in [0.15, 0.2) is 48.5 Å². The van der Waals surface area contributed by atoms with E-state index in [0.717, 1.165) is 12.8 Å². The number of rotatable bonds is 12. The lowest BCUT2D eigenvalue weighted by Crippen LogP contribution is -2.17. The average molecular weight is 441 g/mol. The number of carbonyl (C=O) groups excluding carboxylic acids is 3. The molecule has 3 amide bonds. The van der Waals surface area contributed by atoms with Crippen LogP contribution in [0, 0.1) is 0 Å². The van der Waals surface area contributed by atoms with Gasteiger partial charge in [-0.25, -0.2) is 5.48 Å². The molecule has 2 rings (SSSR count). The summed E-state index contributed by atoms with van der Waals surface area (Å²) in [5, 5.41) is 22.9. The van der Waals surface area contributed by atoms with E-state index in [2.05, 4.69) is 10.6 Å². The molecule has 0 fully saturated rings. The van der Waals surface area contributed by atoms with Crippen molar-refractivity contribution in [2.24, 2.45) is 0 Å². The van der Waals surface area contributed by atoms with E-state index >= 15 is 0 Å². The van der Waals surface area contributed by atoms with Gasteiger partial charge in [0, 0.05) is 29.8 Å². The summed E-state index contributed by atoms with van der Waals surface area (Å²) in [7, 11) is 0. The van der Waals surface area contributed by atoms with Gasteiger partial charge in [0.15, 0.2) is 0 Å². The summed E-state index contributed by atoms with van der Waals surface area (Å²) in [5.41, 5.74) is 3.32. The number of hydrogen-bond donors (Lipinski definition) is 5. The third kappa shape index (κ3) is 8.57. The molecule has 32 heavy (non-hydrogen) atoms. The molecule has 0 heterocycles. The summed E-state index contributed by atoms with van der Waals surface area (Å²) in [6.45, 7) is 0. The molecule has 0 aliphatic heterocycles. The van der Waals surface area contributed by atoms with Gasteiger partial charge in [-0.15, -0.1) is 0 Å². The molecule has 2 aromatic carbocycles. The first-order valence-corrected chi connectivity index (χ1v) is 10.3. The monoisotopic (exact) mass is 441 g/mol. The minimum Gasteiger partial charge on any atom is -0.481 e. The fraction of sp³-hybridized carbons (Fsp3) is 0.304. The Morgan fingerprint density at radius 3 is 2.16 bits per heavy atom. The number of carboxylic acid groups (broad SMARTS) is 1. The van der Waals surface area contributed by atoms with Crippen LogP contribution >= 0.6 is 0 Å². The summed E-state index contributed by atoms with van der Waals surface area (Å²) in [6, 6.07) is 13.2. The fourth-order valence-corrected chi connectivity index (χ4v) is 3.10. The largest absolute Gasteiger partial charge is 0.481 e. The van der Waals surface area contributed by atoms with Crippen molar-refractivity contribution in [1.82, 2.24) is 5.48 Å². The lowest BCUT2D eigenvalue weighted by molar-refractivity contribution is -0.136. The van der Waals surface area contributed by atoms with Crippen LogP contribution in [0.2, 0.25) is 0 Å². The standard InChI is InChI=1S/C23H27N3O6/c27-20(12-3-1-2-4-13-21(28)26-32)24-18-10-7-9-17(14-18)23(31)25-19-11-6-5-8-16(19)15-22(29)30/h5-11,14,32H,1-4,12-13,15H2,(H,24,27)(H,25,31)(H,26,28)(H,29,30). The highest BCUT2D eigenvalue weighted by Gasteiger charge is 2.12. The smallest absolute Gasteiger partial charge is 0.307 e. The van der Waals surface area contributed by atoms with Gasteiger partial charge in [0.05, 0.1) is 6.42 Å². The molecule has 0 saturated heterocycles. The summed E-state index contributed by atoms with van der Waals surface area (Å²) in [4.78, 5) is 46.7. The second-order valence-electron chi connectivity index (χ2n) is 7.26. The maximum absolute atomic E-state index is 12.6. The van der Waals surface area contributed by atoms with Crippen LogP contribution in [-0.2, 0) is 20.8 Å². The lowest BCUT2D eigenvalue weighted by Gasteiger charge is -2.11. The molecule has 0 radical (unpaired) electrons. The lowest BCUT2D eigenvalue weighted by atomic mass is 10.1. The van der Waals surface area contributed by atoms with Crippen LogP contribution in [0.5, 0.6) is 0 Å². The number of carboxylic acids is 1. The van der Waals surface area contributed by atoms with Crippen molar-refractivity contribution >= 4 is 35.1 Å². The maximum atomic E-state index is 12.6. The molecule has 9 nitrogen and oxygen atoms in total. The van der Waals surface area contributed by atoms with Gasteiger partial charge < -0.3 is 15.7 Å². The van der Waals surface area contributed by atoms with Crippen molar-refractivity contribution in [3.8, 4) is 0 Å². The van der Waals surface area contributed by atoms with E-state index in [9.17, 15) is 19.2 Å². The zero-order valence-corrected chi connectivity index (χ0v) is 17.6. The van der Waals surface area contributed by atoms with E-state index < -0.39 is 17.8 Å². The minimum atomic E-state index is -0.993. The zero-order chi connectivity index (χ0) is 23.3. The first-order chi connectivity index (χ1) is 15.4. The third-order valence-electron chi connectivity index (χ3n) is 4.70. The molecule has 2 aromatic rings. The third-order valence-corrected chi connectivity index (χ3v) is 4.70. The molecule has 0 saturated carbocycles. The summed E-state index contributed by atoms with van der Waals surface area (Å²) >= 11 is 0. The van der Waals surface area contributed by atoms with Crippen molar-refractivity contribution in [2.75, 3.05) is 10.6 Å². The molecule has 0 aliphatic carbocycles. The molecule has 5 N–H and O–H groups in total. The van der Waals surface area contributed by atoms with Crippen LogP contribution in [0.3, 0.4) is 0 Å². The van der Waals surface area contributed by atoms with Gasteiger partial charge >= 0.3 is 5.97 Å². The number of benzene rings is 2. The summed E-state index contributed by atoms with van der Waals surface area (Å²) < 4.78 is 0. The van der Waals surface area contributed by atoms with Crippen LogP contribution in [0.1, 0.15) is 54.4 Å². The number of anilines is 2. The molecule has 9 heteroatoms. The number of hydrogen-bond acceptors (Lipinski definition) is 5. The quantitative estimate of drug-likeness (QED) is 0.194. The Bertz CT molecular complexity index is 960. The Kier molecular flexibility index (Phi) is 9.86. The number of amides is 3. The van der Waals surface area contributed by atoms with Crippen molar-refractivity contribution < 1.29 is 29.5 Å². The van der Waals surface area contributed by atoms with E-state index in [1.807, 2.05) is 0 Å². The number of para-hydroxylation sites is 1. The van der Waals surface area contributed by atoms with Crippen LogP contribution < -0.4 is 16.1 Å². The van der Waals surface area contributed by atoms with Crippen molar-refractivity contribution in [3.05, 3.63) is 59.7 Å². The van der Waals surface area contributed by atoms with Crippen LogP contribution in [0.25, 0.3) is 0 Å². The second kappa shape index (κ2) is 12.9. The first kappa shape index (κ1) is 24.5. The molecule has 0 atom stereocenters. The average Bonchev–Trinajstić information content (AvgIpc) is 2.77. The number of nitrogens with one attached hydrogen (secondary N) is 3. The van der Waals surface area contributed by atoms with Crippen molar-refractivity contribution in [2.45, 2.75) is 44.9 Å². The van der Waals surface area contributed by atoms with Crippen molar-refractivity contribution in [3.63, 3.8) is 0 Å². The predicted molar refractivity (Wildman–Crippen MR) is 118 cm³/mol. The van der Waals surface area contributed by atoms with Crippen molar-refractivity contribution in [1.29, 1.82) is 0 Å². The van der Waals surface area contributed by atoms with Gasteiger partial charge in [0.25, 0.3) is 5.91 Å². The van der Waals surface area contributed by atoms with Gasteiger partial charge in [0.1, 0.15) is 0 Å². The zero-order valence-electron chi connectivity index (χ0n) is 17.6.